The van der Waals surface area contributed by atoms with Crippen molar-refractivity contribution >= 4 is 6.09 Å². The number of aromatic amines is 1. The number of hydrogen-bond acceptors (Lipinski definition) is 4. The monoisotopic (exact) mass is 198 g/mol. The largest absolute Gasteiger partial charge is 0.453 e. The van der Waals surface area contributed by atoms with Gasteiger partial charge in [0, 0.05) is 13.0 Å². The van der Waals surface area contributed by atoms with Gasteiger partial charge >= 0.3 is 11.7 Å². The van der Waals surface area contributed by atoms with Gasteiger partial charge in [-0.3, -0.25) is 0 Å². The number of methoxy groups -OCH3 is 1. The first-order valence-electron chi connectivity index (χ1n) is 4.24. The molecule has 0 unspecified atom stereocenters. The predicted octanol–water partition coefficient (Wildman–Crippen LogP) is 0.0924. The molecule has 1 aliphatic rings. The molecule has 6 nitrogen and oxygen atoms in total. The molecule has 1 aliphatic heterocycles. The number of rotatable bonds is 0. The van der Waals surface area contributed by atoms with Gasteiger partial charge in [0.05, 0.1) is 24.9 Å². The van der Waals surface area contributed by atoms with Crippen LogP contribution in [0.4, 0.5) is 4.79 Å². The van der Waals surface area contributed by atoms with Crippen LogP contribution in [0, 0.1) is 0 Å². The first-order valence-corrected chi connectivity index (χ1v) is 4.24. The van der Waals surface area contributed by atoms with Crippen LogP contribution in [0.15, 0.2) is 9.32 Å². The van der Waals surface area contributed by atoms with Gasteiger partial charge in [-0.1, -0.05) is 0 Å². The van der Waals surface area contributed by atoms with E-state index in [1.807, 2.05) is 0 Å². The molecule has 1 aromatic rings. The van der Waals surface area contributed by atoms with Crippen molar-refractivity contribution < 1.29 is 14.1 Å². The predicted molar refractivity (Wildman–Crippen MR) is 45.8 cm³/mol. The normalized spacial score (nSPS) is 15.1. The highest BCUT2D eigenvalue weighted by Crippen LogP contribution is 2.14. The Hall–Kier alpha value is -1.72. The van der Waals surface area contributed by atoms with Crippen molar-refractivity contribution in [2.45, 2.75) is 13.0 Å². The summed E-state index contributed by atoms with van der Waals surface area (Å²) in [7, 11) is 1.32. The average molecular weight is 198 g/mol. The molecule has 2 rings (SSSR count). The summed E-state index contributed by atoms with van der Waals surface area (Å²) in [5.74, 6) is 0. The van der Waals surface area contributed by atoms with Crippen LogP contribution in [-0.2, 0) is 17.7 Å². The molecule has 0 fully saturated rings. The molecule has 1 N–H and O–H groups in total. The zero-order chi connectivity index (χ0) is 10.1. The summed E-state index contributed by atoms with van der Waals surface area (Å²) in [6.07, 6.45) is 0.173. The smallest absolute Gasteiger partial charge is 0.409 e. The maximum atomic E-state index is 11.2. The fraction of sp³-hybridized carbons (Fsp3) is 0.500. The molecular weight excluding hydrogens is 188 g/mol. The summed E-state index contributed by atoms with van der Waals surface area (Å²) < 4.78 is 9.19. The maximum Gasteiger partial charge on any atom is 0.409 e. The van der Waals surface area contributed by atoms with Crippen molar-refractivity contribution in [3.05, 3.63) is 21.7 Å². The van der Waals surface area contributed by atoms with Crippen LogP contribution in [0.5, 0.6) is 0 Å². The van der Waals surface area contributed by atoms with Gasteiger partial charge in [0.1, 0.15) is 0 Å². The zero-order valence-electron chi connectivity index (χ0n) is 7.70. The highest BCUT2D eigenvalue weighted by Gasteiger charge is 2.25. The standard InChI is InChI=1S/C8H10N2O4/c1-13-8(12)10-3-2-6-5(4-10)7(11)14-9-6/h9H,2-4H2,1H3. The topological polar surface area (TPSA) is 75.5 Å². The van der Waals surface area contributed by atoms with E-state index in [9.17, 15) is 9.59 Å². The molecule has 0 aromatic carbocycles. The number of ether oxygens (including phenoxy) is 1. The Kier molecular flexibility index (Phi) is 2.03. The zero-order valence-corrected chi connectivity index (χ0v) is 7.70. The van der Waals surface area contributed by atoms with Gasteiger partial charge in [-0.2, -0.15) is 0 Å². The molecule has 1 amide bonds. The van der Waals surface area contributed by atoms with Crippen molar-refractivity contribution in [3.63, 3.8) is 0 Å². The molecule has 2 heterocycles. The third-order valence-corrected chi connectivity index (χ3v) is 2.29. The van der Waals surface area contributed by atoms with Crippen LogP contribution in [0.25, 0.3) is 0 Å². The van der Waals surface area contributed by atoms with E-state index in [0.29, 0.717) is 18.5 Å². The summed E-state index contributed by atoms with van der Waals surface area (Å²) in [5.41, 5.74) is 0.880. The van der Waals surface area contributed by atoms with E-state index in [1.165, 1.54) is 12.0 Å². The molecule has 6 heteroatoms. The molecule has 76 valence electrons. The van der Waals surface area contributed by atoms with Crippen molar-refractivity contribution in [2.24, 2.45) is 0 Å². The molecule has 0 saturated carbocycles. The molecule has 0 saturated heterocycles. The van der Waals surface area contributed by atoms with Gasteiger partial charge in [-0.15, -0.1) is 0 Å². The second-order valence-electron chi connectivity index (χ2n) is 3.09. The molecule has 0 aliphatic carbocycles. The first kappa shape index (κ1) is 8.86. The molecule has 14 heavy (non-hydrogen) atoms. The second-order valence-corrected chi connectivity index (χ2v) is 3.09. The lowest BCUT2D eigenvalue weighted by Crippen LogP contribution is -2.37. The van der Waals surface area contributed by atoms with Gasteiger partial charge in [0.15, 0.2) is 0 Å². The summed E-state index contributed by atoms with van der Waals surface area (Å²) >= 11 is 0. The van der Waals surface area contributed by atoms with Crippen LogP contribution >= 0.6 is 0 Å². The SMILES string of the molecule is COC(=O)N1CCc2[nH]oc(=O)c2C1. The number of nitrogens with zero attached hydrogens (tertiary/aromatic N) is 1. The Balaban J connectivity index is 2.24. The van der Waals surface area contributed by atoms with Gasteiger partial charge in [0.25, 0.3) is 0 Å². The van der Waals surface area contributed by atoms with E-state index in [-0.39, 0.29) is 6.54 Å². The minimum absolute atomic E-state index is 0.258. The van der Waals surface area contributed by atoms with Gasteiger partial charge < -0.3 is 14.2 Å². The van der Waals surface area contributed by atoms with Gasteiger partial charge in [-0.25, -0.2) is 14.7 Å². The van der Waals surface area contributed by atoms with E-state index < -0.39 is 11.7 Å². The maximum absolute atomic E-state index is 11.2. The van der Waals surface area contributed by atoms with E-state index in [0.717, 1.165) is 5.69 Å². The van der Waals surface area contributed by atoms with E-state index in [4.69, 9.17) is 0 Å². The molecule has 0 atom stereocenters. The molecular formula is C8H10N2O4. The number of hydrogen-bond donors (Lipinski definition) is 1. The number of carbonyl (C=O) groups is 1. The van der Waals surface area contributed by atoms with E-state index in [1.54, 1.807) is 0 Å². The quantitative estimate of drug-likeness (QED) is 0.641. The number of nitrogens with one attached hydrogen (secondary N) is 1. The van der Waals surface area contributed by atoms with Crippen LogP contribution in [0.3, 0.4) is 0 Å². The third kappa shape index (κ3) is 1.28. The molecule has 0 radical (unpaired) electrons. The number of fused-ring (bicyclic) bond motifs is 1. The van der Waals surface area contributed by atoms with E-state index in [2.05, 4.69) is 14.4 Å². The van der Waals surface area contributed by atoms with Gasteiger partial charge in [0.2, 0.25) is 0 Å². The van der Waals surface area contributed by atoms with Crippen molar-refractivity contribution in [1.82, 2.24) is 10.1 Å². The van der Waals surface area contributed by atoms with Crippen LogP contribution in [0.2, 0.25) is 0 Å². The fourth-order valence-electron chi connectivity index (χ4n) is 1.52. The first-order chi connectivity index (χ1) is 6.72. The second kappa shape index (κ2) is 3.21. The van der Waals surface area contributed by atoms with Crippen LogP contribution in [0.1, 0.15) is 11.3 Å². The lowest BCUT2D eigenvalue weighted by molar-refractivity contribution is 0.118. The Morgan fingerprint density at radius 2 is 2.43 bits per heavy atom. The van der Waals surface area contributed by atoms with Crippen molar-refractivity contribution in [2.75, 3.05) is 13.7 Å². The molecule has 0 bridgehead atoms. The Labute approximate surface area is 79.4 Å². The Morgan fingerprint density at radius 3 is 3.14 bits per heavy atom. The average Bonchev–Trinajstić information content (AvgIpc) is 2.59. The fourth-order valence-corrected chi connectivity index (χ4v) is 1.52. The Morgan fingerprint density at radius 1 is 1.64 bits per heavy atom. The molecule has 0 spiro atoms. The number of carbonyl (C=O) groups excluding carboxylic acids is 1. The van der Waals surface area contributed by atoms with Crippen molar-refractivity contribution in [1.29, 1.82) is 0 Å². The van der Waals surface area contributed by atoms with Crippen LogP contribution < -0.4 is 5.63 Å². The van der Waals surface area contributed by atoms with Crippen molar-refractivity contribution in [3.8, 4) is 0 Å². The lowest BCUT2D eigenvalue weighted by atomic mass is 10.1. The van der Waals surface area contributed by atoms with E-state index >= 15 is 0 Å². The number of aromatic nitrogens is 1. The minimum atomic E-state index is -0.420. The summed E-state index contributed by atoms with van der Waals surface area (Å²) in [6, 6.07) is 0. The summed E-state index contributed by atoms with van der Waals surface area (Å²) in [6.45, 7) is 0.795. The highest BCUT2D eigenvalue weighted by atomic mass is 16.5. The van der Waals surface area contributed by atoms with Crippen LogP contribution in [-0.4, -0.2) is 29.8 Å². The number of amides is 1. The minimum Gasteiger partial charge on any atom is -0.453 e. The summed E-state index contributed by atoms with van der Waals surface area (Å²) in [4.78, 5) is 23.8. The van der Waals surface area contributed by atoms with Gasteiger partial charge in [-0.05, 0) is 0 Å². The lowest BCUT2D eigenvalue weighted by Gasteiger charge is -2.23. The summed E-state index contributed by atoms with van der Waals surface area (Å²) in [5, 5.41) is 2.54. The Bertz CT molecular complexity index is 406. The third-order valence-electron chi connectivity index (χ3n) is 2.29. The highest BCUT2D eigenvalue weighted by molar-refractivity contribution is 5.67. The molecule has 1 aromatic heterocycles. The number of H-pyrrole nitrogens is 1.